The lowest BCUT2D eigenvalue weighted by Gasteiger charge is -2.34. The Balaban J connectivity index is 1.59. The molecule has 126 valence electrons. The van der Waals surface area contributed by atoms with E-state index >= 15 is 0 Å². The van der Waals surface area contributed by atoms with E-state index in [-0.39, 0.29) is 18.4 Å². The quantitative estimate of drug-likeness (QED) is 0.805. The number of piperazine rings is 1. The van der Waals surface area contributed by atoms with Crippen LogP contribution in [0.25, 0.3) is 0 Å². The Kier molecular flexibility index (Phi) is 6.87. The smallest absolute Gasteiger partial charge is 0.257 e. The summed E-state index contributed by atoms with van der Waals surface area (Å²) >= 11 is 0. The molecule has 0 aliphatic carbocycles. The second-order valence-corrected chi connectivity index (χ2v) is 5.52. The van der Waals surface area contributed by atoms with Gasteiger partial charge >= 0.3 is 0 Å². The molecule has 1 saturated heterocycles. The molecule has 0 unspecified atom stereocenters. The summed E-state index contributed by atoms with van der Waals surface area (Å²) in [5.74, 6) is 0.551. The molecule has 1 fully saturated rings. The molecule has 0 bridgehead atoms. The standard InChI is InChI=1S/C17H25N3O3/c1-2-19-10-12-20(13-11-19)17(22)8-9-18-16(21)14-23-15-6-4-3-5-7-15/h3-7H,2,8-14H2,1H3,(H,18,21). The molecule has 1 aliphatic rings. The van der Waals surface area contributed by atoms with Crippen LogP contribution in [-0.2, 0) is 9.59 Å². The molecule has 1 aromatic rings. The van der Waals surface area contributed by atoms with Crippen molar-refractivity contribution in [1.29, 1.82) is 0 Å². The molecule has 1 heterocycles. The Morgan fingerprint density at radius 3 is 2.48 bits per heavy atom. The Labute approximate surface area is 137 Å². The van der Waals surface area contributed by atoms with Gasteiger partial charge in [0.05, 0.1) is 0 Å². The SMILES string of the molecule is CCN1CCN(C(=O)CCNC(=O)COc2ccccc2)CC1. The summed E-state index contributed by atoms with van der Waals surface area (Å²) in [6.07, 6.45) is 0.337. The lowest BCUT2D eigenvalue weighted by Crippen LogP contribution is -2.49. The molecule has 6 heteroatoms. The minimum atomic E-state index is -0.211. The van der Waals surface area contributed by atoms with Crippen molar-refractivity contribution in [2.45, 2.75) is 13.3 Å². The van der Waals surface area contributed by atoms with Crippen molar-refractivity contribution in [3.63, 3.8) is 0 Å². The number of ether oxygens (including phenoxy) is 1. The number of hydrogen-bond donors (Lipinski definition) is 1. The third-order valence-electron chi connectivity index (χ3n) is 3.95. The van der Waals surface area contributed by atoms with Crippen molar-refractivity contribution in [2.24, 2.45) is 0 Å². The van der Waals surface area contributed by atoms with Gasteiger partial charge in [0.2, 0.25) is 5.91 Å². The largest absolute Gasteiger partial charge is 0.484 e. The van der Waals surface area contributed by atoms with Gasteiger partial charge in [-0.15, -0.1) is 0 Å². The highest BCUT2D eigenvalue weighted by molar-refractivity contribution is 5.80. The zero-order valence-electron chi connectivity index (χ0n) is 13.7. The fourth-order valence-corrected chi connectivity index (χ4v) is 2.50. The third kappa shape index (κ3) is 5.90. The van der Waals surface area contributed by atoms with Crippen molar-refractivity contribution >= 4 is 11.8 Å². The molecule has 1 aromatic carbocycles. The monoisotopic (exact) mass is 319 g/mol. The molecular weight excluding hydrogens is 294 g/mol. The van der Waals surface area contributed by atoms with Gasteiger partial charge in [0.1, 0.15) is 5.75 Å². The van der Waals surface area contributed by atoms with Gasteiger partial charge in [-0.2, -0.15) is 0 Å². The molecule has 2 amide bonds. The Morgan fingerprint density at radius 1 is 1.13 bits per heavy atom. The number of rotatable bonds is 7. The number of likely N-dealkylation sites (N-methyl/N-ethyl adjacent to an activating group) is 1. The zero-order valence-corrected chi connectivity index (χ0v) is 13.7. The van der Waals surface area contributed by atoms with E-state index in [2.05, 4.69) is 17.1 Å². The first kappa shape index (κ1) is 17.3. The van der Waals surface area contributed by atoms with Crippen LogP contribution in [0.1, 0.15) is 13.3 Å². The molecule has 0 spiro atoms. The van der Waals surface area contributed by atoms with E-state index in [1.807, 2.05) is 23.1 Å². The number of nitrogens with zero attached hydrogens (tertiary/aromatic N) is 2. The molecule has 0 atom stereocenters. The van der Waals surface area contributed by atoms with Gasteiger partial charge in [0, 0.05) is 39.1 Å². The topological polar surface area (TPSA) is 61.9 Å². The summed E-state index contributed by atoms with van der Waals surface area (Å²) < 4.78 is 5.35. The normalized spacial score (nSPS) is 15.3. The lowest BCUT2D eigenvalue weighted by atomic mass is 10.2. The van der Waals surface area contributed by atoms with Crippen LogP contribution in [0.2, 0.25) is 0 Å². The first-order valence-electron chi connectivity index (χ1n) is 8.13. The summed E-state index contributed by atoms with van der Waals surface area (Å²) in [6.45, 7) is 6.88. The first-order chi connectivity index (χ1) is 11.2. The number of amides is 2. The van der Waals surface area contributed by atoms with E-state index in [4.69, 9.17) is 4.74 Å². The minimum Gasteiger partial charge on any atom is -0.484 e. The van der Waals surface area contributed by atoms with Crippen LogP contribution in [0.3, 0.4) is 0 Å². The average Bonchev–Trinajstić information content (AvgIpc) is 2.61. The summed E-state index contributed by atoms with van der Waals surface area (Å²) in [4.78, 5) is 28.0. The van der Waals surface area contributed by atoms with Gasteiger partial charge < -0.3 is 19.9 Å². The van der Waals surface area contributed by atoms with Gasteiger partial charge in [-0.3, -0.25) is 9.59 Å². The van der Waals surface area contributed by atoms with Crippen LogP contribution in [0.5, 0.6) is 5.75 Å². The summed E-state index contributed by atoms with van der Waals surface area (Å²) in [7, 11) is 0. The molecule has 2 rings (SSSR count). The predicted molar refractivity (Wildman–Crippen MR) is 88.3 cm³/mol. The van der Waals surface area contributed by atoms with Crippen LogP contribution in [-0.4, -0.2) is 67.5 Å². The zero-order chi connectivity index (χ0) is 16.5. The summed E-state index contributed by atoms with van der Waals surface area (Å²) in [5.41, 5.74) is 0. The predicted octanol–water partition coefficient (Wildman–Crippen LogP) is 0.736. The maximum absolute atomic E-state index is 12.1. The highest BCUT2D eigenvalue weighted by atomic mass is 16.5. The van der Waals surface area contributed by atoms with E-state index in [0.717, 1.165) is 32.7 Å². The number of hydrogen-bond acceptors (Lipinski definition) is 4. The van der Waals surface area contributed by atoms with Gasteiger partial charge in [0.15, 0.2) is 6.61 Å². The maximum Gasteiger partial charge on any atom is 0.257 e. The number of nitrogens with one attached hydrogen (secondary N) is 1. The minimum absolute atomic E-state index is 0.0343. The van der Waals surface area contributed by atoms with Crippen LogP contribution in [0.15, 0.2) is 30.3 Å². The third-order valence-corrected chi connectivity index (χ3v) is 3.95. The van der Waals surface area contributed by atoms with Gasteiger partial charge in [0.25, 0.3) is 5.91 Å². The highest BCUT2D eigenvalue weighted by Gasteiger charge is 2.19. The van der Waals surface area contributed by atoms with E-state index in [9.17, 15) is 9.59 Å². The van der Waals surface area contributed by atoms with E-state index < -0.39 is 0 Å². The van der Waals surface area contributed by atoms with Crippen molar-refractivity contribution in [1.82, 2.24) is 15.1 Å². The molecule has 0 aromatic heterocycles. The molecule has 6 nitrogen and oxygen atoms in total. The number of para-hydroxylation sites is 1. The molecule has 1 N–H and O–H groups in total. The fourth-order valence-electron chi connectivity index (χ4n) is 2.50. The second-order valence-electron chi connectivity index (χ2n) is 5.52. The van der Waals surface area contributed by atoms with Crippen LogP contribution < -0.4 is 10.1 Å². The molecule has 1 aliphatic heterocycles. The second kappa shape index (κ2) is 9.15. The van der Waals surface area contributed by atoms with Crippen molar-refractivity contribution in [3.8, 4) is 5.75 Å². The highest BCUT2D eigenvalue weighted by Crippen LogP contribution is 2.07. The number of benzene rings is 1. The van der Waals surface area contributed by atoms with Gasteiger partial charge in [-0.25, -0.2) is 0 Å². The fraction of sp³-hybridized carbons (Fsp3) is 0.529. The van der Waals surface area contributed by atoms with E-state index in [1.54, 1.807) is 12.1 Å². The Hall–Kier alpha value is -2.08. The van der Waals surface area contributed by atoms with Crippen LogP contribution in [0.4, 0.5) is 0 Å². The first-order valence-corrected chi connectivity index (χ1v) is 8.13. The van der Waals surface area contributed by atoms with Crippen molar-refractivity contribution < 1.29 is 14.3 Å². The lowest BCUT2D eigenvalue weighted by molar-refractivity contribution is -0.133. The van der Waals surface area contributed by atoms with Gasteiger partial charge in [-0.1, -0.05) is 25.1 Å². The number of carbonyl (C=O) groups is 2. The van der Waals surface area contributed by atoms with Gasteiger partial charge in [-0.05, 0) is 18.7 Å². The van der Waals surface area contributed by atoms with Crippen LogP contribution >= 0.6 is 0 Å². The van der Waals surface area contributed by atoms with E-state index in [1.165, 1.54) is 0 Å². The Bertz CT molecular complexity index is 499. The molecular formula is C17H25N3O3. The average molecular weight is 319 g/mol. The van der Waals surface area contributed by atoms with E-state index in [0.29, 0.717) is 18.7 Å². The Morgan fingerprint density at radius 2 is 1.83 bits per heavy atom. The summed E-state index contributed by atoms with van der Waals surface area (Å²) in [5, 5.41) is 2.72. The maximum atomic E-state index is 12.1. The molecule has 0 saturated carbocycles. The van der Waals surface area contributed by atoms with Crippen molar-refractivity contribution in [2.75, 3.05) is 45.9 Å². The number of carbonyl (C=O) groups excluding carboxylic acids is 2. The summed E-state index contributed by atoms with van der Waals surface area (Å²) in [6, 6.07) is 9.19. The van der Waals surface area contributed by atoms with Crippen LogP contribution in [0, 0.1) is 0 Å². The van der Waals surface area contributed by atoms with Crippen molar-refractivity contribution in [3.05, 3.63) is 30.3 Å². The molecule has 23 heavy (non-hydrogen) atoms. The molecule has 0 radical (unpaired) electrons.